The van der Waals surface area contributed by atoms with Crippen LogP contribution in [0.25, 0.3) is 0 Å². The smallest absolute Gasteiger partial charge is 0.277 e. The largest absolute Gasteiger partial charge is 0.484 e. The third kappa shape index (κ3) is 4.35. The fourth-order valence-electron chi connectivity index (χ4n) is 3.74. The lowest BCUT2D eigenvalue weighted by Gasteiger charge is -2.35. The number of hydrogen-bond acceptors (Lipinski definition) is 4. The van der Waals surface area contributed by atoms with Crippen LogP contribution in [0.15, 0.2) is 29.4 Å². The summed E-state index contributed by atoms with van der Waals surface area (Å²) in [7, 11) is 0. The zero-order valence-corrected chi connectivity index (χ0v) is 13.8. The lowest BCUT2D eigenvalue weighted by Crippen LogP contribution is -2.31. The summed E-state index contributed by atoms with van der Waals surface area (Å²) in [6, 6.07) is 8.73. The molecule has 1 aromatic rings. The first-order valence-electron chi connectivity index (χ1n) is 8.72. The van der Waals surface area contributed by atoms with E-state index in [4.69, 9.17) is 10.00 Å². The third-order valence-corrected chi connectivity index (χ3v) is 5.06. The summed E-state index contributed by atoms with van der Waals surface area (Å²) in [4.78, 5) is 11.9. The molecule has 0 radical (unpaired) electrons. The minimum absolute atomic E-state index is 0.0747. The number of rotatable bonds is 4. The first kappa shape index (κ1) is 16.5. The molecule has 0 bridgehead atoms. The Balaban J connectivity index is 1.44. The Labute approximate surface area is 142 Å². The second kappa shape index (κ2) is 7.96. The number of nitrogens with one attached hydrogen (secondary N) is 1. The Kier molecular flexibility index (Phi) is 5.47. The van der Waals surface area contributed by atoms with Gasteiger partial charge in [-0.2, -0.15) is 10.4 Å². The van der Waals surface area contributed by atoms with Crippen LogP contribution in [-0.4, -0.2) is 18.2 Å². The molecule has 126 valence electrons. The normalized spacial score (nSPS) is 24.7. The van der Waals surface area contributed by atoms with Crippen molar-refractivity contribution in [1.29, 1.82) is 5.26 Å². The molecule has 0 spiro atoms. The molecule has 2 atom stereocenters. The van der Waals surface area contributed by atoms with Gasteiger partial charge in [0, 0.05) is 5.71 Å². The highest BCUT2D eigenvalue weighted by Gasteiger charge is 2.30. The first-order chi connectivity index (χ1) is 11.7. The Morgan fingerprint density at radius 2 is 1.96 bits per heavy atom. The van der Waals surface area contributed by atoms with Crippen molar-refractivity contribution < 1.29 is 9.53 Å². The minimum atomic E-state index is -0.252. The molecule has 0 heterocycles. The van der Waals surface area contributed by atoms with Crippen LogP contribution in [0.1, 0.15) is 50.5 Å². The first-order valence-corrected chi connectivity index (χ1v) is 8.72. The molecule has 1 aromatic carbocycles. The number of hydrazone groups is 1. The number of ether oxygens (including phenoxy) is 1. The fourth-order valence-corrected chi connectivity index (χ4v) is 3.74. The van der Waals surface area contributed by atoms with E-state index in [1.165, 1.54) is 32.1 Å². The predicted molar refractivity (Wildman–Crippen MR) is 91.5 cm³/mol. The van der Waals surface area contributed by atoms with Gasteiger partial charge in [-0.1, -0.05) is 19.3 Å². The molecular formula is C19H23N3O2. The maximum Gasteiger partial charge on any atom is 0.277 e. The topological polar surface area (TPSA) is 74.5 Å². The van der Waals surface area contributed by atoms with Crippen LogP contribution in [0, 0.1) is 23.2 Å². The molecule has 0 aliphatic heterocycles. The summed E-state index contributed by atoms with van der Waals surface area (Å²) in [6.45, 7) is -0.0747. The van der Waals surface area contributed by atoms with E-state index in [1.807, 2.05) is 6.07 Å². The van der Waals surface area contributed by atoms with Gasteiger partial charge in [-0.3, -0.25) is 4.79 Å². The van der Waals surface area contributed by atoms with Crippen LogP contribution in [0.4, 0.5) is 0 Å². The van der Waals surface area contributed by atoms with Crippen LogP contribution in [0.2, 0.25) is 0 Å². The highest BCUT2D eigenvalue weighted by molar-refractivity contribution is 5.87. The van der Waals surface area contributed by atoms with Gasteiger partial charge in [-0.25, -0.2) is 5.43 Å². The molecule has 2 aliphatic carbocycles. The van der Waals surface area contributed by atoms with E-state index in [2.05, 4.69) is 10.5 Å². The van der Waals surface area contributed by atoms with E-state index < -0.39 is 0 Å². The molecule has 0 saturated heterocycles. The van der Waals surface area contributed by atoms with Crippen molar-refractivity contribution in [1.82, 2.24) is 5.43 Å². The van der Waals surface area contributed by atoms with E-state index >= 15 is 0 Å². The SMILES string of the molecule is N#Cc1ccc(OCC(=O)N/N=C2\CC[C@H]3CCCC[C@@H]3C2)cc1. The number of carbonyl (C=O) groups excluding carboxylic acids is 1. The monoisotopic (exact) mass is 325 g/mol. The van der Waals surface area contributed by atoms with Gasteiger partial charge >= 0.3 is 0 Å². The molecule has 24 heavy (non-hydrogen) atoms. The Morgan fingerprint density at radius 3 is 2.71 bits per heavy atom. The van der Waals surface area contributed by atoms with Crippen molar-refractivity contribution >= 4 is 11.6 Å². The summed E-state index contributed by atoms with van der Waals surface area (Å²) in [5.41, 5.74) is 4.29. The molecule has 1 amide bonds. The number of carbonyl (C=O) groups is 1. The summed E-state index contributed by atoms with van der Waals surface area (Å²) < 4.78 is 5.40. The van der Waals surface area contributed by atoms with Crippen molar-refractivity contribution in [2.45, 2.75) is 44.9 Å². The van der Waals surface area contributed by atoms with Crippen LogP contribution >= 0.6 is 0 Å². The van der Waals surface area contributed by atoms with E-state index in [-0.39, 0.29) is 12.5 Å². The van der Waals surface area contributed by atoms with Crippen molar-refractivity contribution in [2.75, 3.05) is 6.61 Å². The second-order valence-electron chi connectivity index (χ2n) is 6.69. The number of nitriles is 1. The molecular weight excluding hydrogens is 302 g/mol. The van der Waals surface area contributed by atoms with Crippen LogP contribution in [0.3, 0.4) is 0 Å². The summed E-state index contributed by atoms with van der Waals surface area (Å²) in [6.07, 6.45) is 8.61. The predicted octanol–water partition coefficient (Wildman–Crippen LogP) is 3.40. The molecule has 5 nitrogen and oxygen atoms in total. The molecule has 5 heteroatoms. The van der Waals surface area contributed by atoms with Gasteiger partial charge in [0.05, 0.1) is 11.6 Å². The van der Waals surface area contributed by atoms with Crippen LogP contribution < -0.4 is 10.2 Å². The van der Waals surface area contributed by atoms with Gasteiger partial charge in [0.1, 0.15) is 5.75 Å². The van der Waals surface area contributed by atoms with Gasteiger partial charge < -0.3 is 4.74 Å². The molecule has 3 rings (SSSR count). The Morgan fingerprint density at radius 1 is 1.21 bits per heavy atom. The van der Waals surface area contributed by atoms with Crippen molar-refractivity contribution in [2.24, 2.45) is 16.9 Å². The molecule has 0 aromatic heterocycles. The van der Waals surface area contributed by atoms with Gasteiger partial charge in [0.15, 0.2) is 6.61 Å². The van der Waals surface area contributed by atoms with Gasteiger partial charge in [0.2, 0.25) is 0 Å². The van der Waals surface area contributed by atoms with Gasteiger partial charge in [-0.05, 0) is 61.8 Å². The third-order valence-electron chi connectivity index (χ3n) is 5.06. The minimum Gasteiger partial charge on any atom is -0.484 e. The summed E-state index contributed by atoms with van der Waals surface area (Å²) in [5.74, 6) is 1.95. The maximum atomic E-state index is 11.9. The van der Waals surface area contributed by atoms with E-state index in [1.54, 1.807) is 24.3 Å². The average Bonchev–Trinajstić information content (AvgIpc) is 2.65. The lowest BCUT2D eigenvalue weighted by atomic mass is 9.70. The van der Waals surface area contributed by atoms with E-state index in [9.17, 15) is 4.79 Å². The molecule has 2 saturated carbocycles. The highest BCUT2D eigenvalue weighted by atomic mass is 16.5. The zero-order chi connectivity index (χ0) is 16.8. The highest BCUT2D eigenvalue weighted by Crippen LogP contribution is 2.39. The van der Waals surface area contributed by atoms with Crippen molar-refractivity contribution in [3.8, 4) is 11.8 Å². The second-order valence-corrected chi connectivity index (χ2v) is 6.69. The quantitative estimate of drug-likeness (QED) is 0.862. The van der Waals surface area contributed by atoms with Gasteiger partial charge in [-0.15, -0.1) is 0 Å². The molecule has 2 fully saturated rings. The average molecular weight is 325 g/mol. The van der Waals surface area contributed by atoms with Crippen molar-refractivity contribution in [3.05, 3.63) is 29.8 Å². The fraction of sp³-hybridized carbons (Fsp3) is 0.526. The summed E-state index contributed by atoms with van der Waals surface area (Å²) in [5, 5.41) is 13.1. The number of nitrogens with zero attached hydrogens (tertiary/aromatic N) is 2. The number of fused-ring (bicyclic) bond motifs is 1. The molecule has 0 unspecified atom stereocenters. The Bertz CT molecular complexity index is 646. The number of hydrogen-bond donors (Lipinski definition) is 1. The van der Waals surface area contributed by atoms with Crippen LogP contribution in [0.5, 0.6) is 5.75 Å². The standard InChI is InChI=1S/C19H23N3O2/c20-12-14-5-9-18(10-6-14)24-13-19(23)22-21-17-8-7-15-3-1-2-4-16(15)11-17/h5-6,9-10,15-16H,1-4,7-8,11,13H2,(H,22,23)/b21-17+/t15-,16-/m1/s1. The Hall–Kier alpha value is -2.35. The number of benzene rings is 1. The van der Waals surface area contributed by atoms with E-state index in [0.717, 1.165) is 30.4 Å². The number of amides is 1. The summed E-state index contributed by atoms with van der Waals surface area (Å²) >= 11 is 0. The molecule has 1 N–H and O–H groups in total. The van der Waals surface area contributed by atoms with Gasteiger partial charge in [0.25, 0.3) is 5.91 Å². The molecule has 2 aliphatic rings. The van der Waals surface area contributed by atoms with E-state index in [0.29, 0.717) is 11.3 Å². The van der Waals surface area contributed by atoms with Crippen molar-refractivity contribution in [3.63, 3.8) is 0 Å². The van der Waals surface area contributed by atoms with Crippen LogP contribution in [-0.2, 0) is 4.79 Å². The maximum absolute atomic E-state index is 11.9. The lowest BCUT2D eigenvalue weighted by molar-refractivity contribution is -0.123. The zero-order valence-electron chi connectivity index (χ0n) is 13.8.